The SMILES string of the molecule is CCCC(=O)OCC(O)CN(Cc1ccccc1)Cc1ccc(F)cc1. The van der Waals surface area contributed by atoms with E-state index in [0.29, 0.717) is 26.1 Å². The van der Waals surface area contributed by atoms with E-state index in [0.717, 1.165) is 17.5 Å². The average molecular weight is 359 g/mol. The van der Waals surface area contributed by atoms with Crippen LogP contribution in [0.5, 0.6) is 0 Å². The van der Waals surface area contributed by atoms with Crippen molar-refractivity contribution in [2.75, 3.05) is 13.2 Å². The number of hydrogen-bond acceptors (Lipinski definition) is 4. The summed E-state index contributed by atoms with van der Waals surface area (Å²) in [4.78, 5) is 13.5. The third-order valence-electron chi connectivity index (χ3n) is 3.93. The van der Waals surface area contributed by atoms with Crippen molar-refractivity contribution in [1.82, 2.24) is 4.90 Å². The molecule has 0 aliphatic rings. The van der Waals surface area contributed by atoms with Crippen LogP contribution in [0.1, 0.15) is 30.9 Å². The van der Waals surface area contributed by atoms with Gasteiger partial charge in [0.15, 0.2) is 0 Å². The standard InChI is InChI=1S/C21H26FNO3/c1-2-6-21(25)26-16-20(24)15-23(13-17-7-4-3-5-8-17)14-18-9-11-19(22)12-10-18/h3-5,7-12,20,24H,2,6,13-16H2,1H3. The van der Waals surface area contributed by atoms with Crippen molar-refractivity contribution in [3.8, 4) is 0 Å². The predicted octanol–water partition coefficient (Wildman–Crippen LogP) is 3.53. The molecule has 2 aromatic carbocycles. The molecule has 0 amide bonds. The number of carbonyl (C=O) groups is 1. The zero-order chi connectivity index (χ0) is 18.8. The predicted molar refractivity (Wildman–Crippen MR) is 98.8 cm³/mol. The first kappa shape index (κ1) is 20.1. The molecule has 0 bridgehead atoms. The van der Waals surface area contributed by atoms with Crippen LogP contribution in [0.15, 0.2) is 54.6 Å². The maximum Gasteiger partial charge on any atom is 0.305 e. The Labute approximate surface area is 154 Å². The lowest BCUT2D eigenvalue weighted by Crippen LogP contribution is -2.34. The monoisotopic (exact) mass is 359 g/mol. The van der Waals surface area contributed by atoms with E-state index < -0.39 is 6.10 Å². The van der Waals surface area contributed by atoms with E-state index in [1.165, 1.54) is 12.1 Å². The number of hydrogen-bond donors (Lipinski definition) is 1. The average Bonchev–Trinajstić information content (AvgIpc) is 2.63. The normalized spacial score (nSPS) is 12.2. The van der Waals surface area contributed by atoms with Crippen molar-refractivity contribution < 1.29 is 19.0 Å². The van der Waals surface area contributed by atoms with Crippen molar-refractivity contribution in [1.29, 1.82) is 0 Å². The number of benzene rings is 2. The summed E-state index contributed by atoms with van der Waals surface area (Å²) in [6.07, 6.45) is 0.301. The Morgan fingerprint density at radius 3 is 2.31 bits per heavy atom. The molecule has 1 atom stereocenters. The van der Waals surface area contributed by atoms with Gasteiger partial charge in [0, 0.05) is 26.1 Å². The lowest BCUT2D eigenvalue weighted by Gasteiger charge is -2.25. The molecule has 140 valence electrons. The molecule has 2 rings (SSSR count). The first-order valence-corrected chi connectivity index (χ1v) is 8.91. The Morgan fingerprint density at radius 2 is 1.69 bits per heavy atom. The third-order valence-corrected chi connectivity index (χ3v) is 3.93. The van der Waals surface area contributed by atoms with Crippen molar-refractivity contribution in [2.24, 2.45) is 0 Å². The van der Waals surface area contributed by atoms with Crippen LogP contribution in [-0.2, 0) is 22.6 Å². The highest BCUT2D eigenvalue weighted by molar-refractivity contribution is 5.69. The van der Waals surface area contributed by atoms with Crippen molar-refractivity contribution in [3.63, 3.8) is 0 Å². The Hall–Kier alpha value is -2.24. The van der Waals surface area contributed by atoms with Crippen LogP contribution in [-0.4, -0.2) is 35.2 Å². The molecule has 1 unspecified atom stereocenters. The highest BCUT2D eigenvalue weighted by atomic mass is 19.1. The Morgan fingerprint density at radius 1 is 1.08 bits per heavy atom. The zero-order valence-corrected chi connectivity index (χ0v) is 15.1. The van der Waals surface area contributed by atoms with Gasteiger partial charge >= 0.3 is 5.97 Å². The lowest BCUT2D eigenvalue weighted by atomic mass is 10.1. The Balaban J connectivity index is 1.97. The van der Waals surface area contributed by atoms with Gasteiger partial charge in [0.05, 0.1) is 0 Å². The maximum atomic E-state index is 13.1. The van der Waals surface area contributed by atoms with Crippen LogP contribution in [0.4, 0.5) is 4.39 Å². The van der Waals surface area contributed by atoms with Gasteiger partial charge in [0.1, 0.15) is 18.5 Å². The largest absolute Gasteiger partial charge is 0.463 e. The number of rotatable bonds is 10. The summed E-state index contributed by atoms with van der Waals surface area (Å²) >= 11 is 0. The molecule has 26 heavy (non-hydrogen) atoms. The summed E-state index contributed by atoms with van der Waals surface area (Å²) in [6, 6.07) is 16.3. The molecular weight excluding hydrogens is 333 g/mol. The van der Waals surface area contributed by atoms with E-state index in [9.17, 15) is 14.3 Å². The van der Waals surface area contributed by atoms with Crippen molar-refractivity contribution >= 4 is 5.97 Å². The van der Waals surface area contributed by atoms with Crippen LogP contribution in [0, 0.1) is 5.82 Å². The molecule has 4 nitrogen and oxygen atoms in total. The second-order valence-corrected chi connectivity index (χ2v) is 6.37. The molecule has 0 aliphatic carbocycles. The Bertz CT molecular complexity index is 661. The van der Waals surface area contributed by atoms with Gasteiger partial charge in [-0.15, -0.1) is 0 Å². The minimum absolute atomic E-state index is 0.0203. The van der Waals surface area contributed by atoms with Crippen LogP contribution >= 0.6 is 0 Å². The summed E-state index contributed by atoms with van der Waals surface area (Å²) in [7, 11) is 0. The van der Waals surface area contributed by atoms with E-state index in [2.05, 4.69) is 4.90 Å². The number of ether oxygens (including phenoxy) is 1. The van der Waals surface area contributed by atoms with E-state index in [-0.39, 0.29) is 18.4 Å². The minimum Gasteiger partial charge on any atom is -0.463 e. The fraction of sp³-hybridized carbons (Fsp3) is 0.381. The quantitative estimate of drug-likeness (QED) is 0.660. The first-order chi connectivity index (χ1) is 12.6. The number of nitrogens with zero attached hydrogens (tertiary/aromatic N) is 1. The van der Waals surface area contributed by atoms with E-state index in [1.54, 1.807) is 12.1 Å². The molecule has 0 radical (unpaired) electrons. The van der Waals surface area contributed by atoms with Gasteiger partial charge in [-0.05, 0) is 29.7 Å². The molecule has 0 heterocycles. The molecular formula is C21H26FNO3. The number of halogens is 1. The molecule has 0 fully saturated rings. The van der Waals surface area contributed by atoms with E-state index >= 15 is 0 Å². The summed E-state index contributed by atoms with van der Waals surface area (Å²) in [5.74, 6) is -0.564. The van der Waals surface area contributed by atoms with E-state index in [4.69, 9.17) is 4.74 Å². The summed E-state index contributed by atoms with van der Waals surface area (Å²) < 4.78 is 18.2. The topological polar surface area (TPSA) is 49.8 Å². The fourth-order valence-electron chi connectivity index (χ4n) is 2.69. The number of esters is 1. The smallest absolute Gasteiger partial charge is 0.305 e. The lowest BCUT2D eigenvalue weighted by molar-refractivity contribution is -0.147. The third kappa shape index (κ3) is 7.33. The molecule has 1 N–H and O–H groups in total. The van der Waals surface area contributed by atoms with Crippen molar-refractivity contribution in [3.05, 3.63) is 71.5 Å². The number of aliphatic hydroxyl groups is 1. The molecule has 0 aliphatic heterocycles. The molecule has 0 aromatic heterocycles. The van der Waals surface area contributed by atoms with Crippen LogP contribution < -0.4 is 0 Å². The highest BCUT2D eigenvalue weighted by Gasteiger charge is 2.15. The van der Waals surface area contributed by atoms with Crippen molar-refractivity contribution in [2.45, 2.75) is 39.0 Å². The highest BCUT2D eigenvalue weighted by Crippen LogP contribution is 2.12. The van der Waals surface area contributed by atoms with Gasteiger partial charge < -0.3 is 9.84 Å². The van der Waals surface area contributed by atoms with Gasteiger partial charge in [0.2, 0.25) is 0 Å². The second kappa shape index (κ2) is 10.7. The van der Waals surface area contributed by atoms with Gasteiger partial charge in [-0.1, -0.05) is 49.4 Å². The van der Waals surface area contributed by atoms with Gasteiger partial charge in [-0.3, -0.25) is 9.69 Å². The Kier molecular flexibility index (Phi) is 8.25. The van der Waals surface area contributed by atoms with Crippen LogP contribution in [0.2, 0.25) is 0 Å². The molecule has 0 saturated heterocycles. The van der Waals surface area contributed by atoms with Gasteiger partial charge in [0.25, 0.3) is 0 Å². The van der Waals surface area contributed by atoms with Gasteiger partial charge in [-0.25, -0.2) is 4.39 Å². The number of aliphatic hydroxyl groups excluding tert-OH is 1. The van der Waals surface area contributed by atoms with Gasteiger partial charge in [-0.2, -0.15) is 0 Å². The van der Waals surface area contributed by atoms with Crippen LogP contribution in [0.25, 0.3) is 0 Å². The first-order valence-electron chi connectivity index (χ1n) is 8.91. The summed E-state index contributed by atoms with van der Waals surface area (Å²) in [5, 5.41) is 10.3. The maximum absolute atomic E-state index is 13.1. The summed E-state index contributed by atoms with van der Waals surface area (Å²) in [5.41, 5.74) is 2.07. The molecule has 0 spiro atoms. The molecule has 0 saturated carbocycles. The van der Waals surface area contributed by atoms with E-state index in [1.807, 2.05) is 37.3 Å². The molecule has 2 aromatic rings. The van der Waals surface area contributed by atoms with Crippen LogP contribution in [0.3, 0.4) is 0 Å². The second-order valence-electron chi connectivity index (χ2n) is 6.37. The fourth-order valence-corrected chi connectivity index (χ4v) is 2.69. The minimum atomic E-state index is -0.778. The number of carbonyl (C=O) groups excluding carboxylic acids is 1. The zero-order valence-electron chi connectivity index (χ0n) is 15.1. The molecule has 5 heteroatoms. The summed E-state index contributed by atoms with van der Waals surface area (Å²) in [6.45, 7) is 3.44.